The Morgan fingerprint density at radius 3 is 2.63 bits per heavy atom. The molecular formula is C25H18N4O5S. The minimum absolute atomic E-state index is 0.0232. The van der Waals surface area contributed by atoms with E-state index < -0.39 is 4.92 Å². The van der Waals surface area contributed by atoms with E-state index >= 15 is 0 Å². The zero-order valence-electron chi connectivity index (χ0n) is 18.2. The molecule has 0 unspecified atom stereocenters. The molecule has 0 saturated carbocycles. The number of nitro groups is 1. The third kappa shape index (κ3) is 3.73. The van der Waals surface area contributed by atoms with Crippen molar-refractivity contribution < 1.29 is 18.8 Å². The van der Waals surface area contributed by atoms with Crippen molar-refractivity contribution in [3.8, 4) is 22.8 Å². The predicted molar refractivity (Wildman–Crippen MR) is 131 cm³/mol. The van der Waals surface area contributed by atoms with Gasteiger partial charge >= 0.3 is 0 Å². The van der Waals surface area contributed by atoms with Gasteiger partial charge in [0, 0.05) is 35.6 Å². The van der Waals surface area contributed by atoms with Crippen molar-refractivity contribution in [3.63, 3.8) is 0 Å². The summed E-state index contributed by atoms with van der Waals surface area (Å²) in [5, 5.41) is 14.9. The number of pyridine rings is 1. The van der Waals surface area contributed by atoms with Crippen LogP contribution in [-0.2, 0) is 0 Å². The van der Waals surface area contributed by atoms with Crippen LogP contribution in [0.1, 0.15) is 23.5 Å². The Kier molecular flexibility index (Phi) is 5.07. The molecule has 2 aromatic heterocycles. The number of fused-ring (bicyclic) bond motifs is 1. The molecule has 4 heterocycles. The summed E-state index contributed by atoms with van der Waals surface area (Å²) >= 11 is 5.75. The molecule has 2 aliphatic rings. The van der Waals surface area contributed by atoms with E-state index in [2.05, 4.69) is 10.3 Å². The zero-order chi connectivity index (χ0) is 23.9. The lowest BCUT2D eigenvalue weighted by Gasteiger charge is -2.26. The Labute approximate surface area is 205 Å². The van der Waals surface area contributed by atoms with Crippen LogP contribution in [0.15, 0.2) is 83.4 Å². The van der Waals surface area contributed by atoms with Crippen LogP contribution in [0, 0.1) is 10.1 Å². The van der Waals surface area contributed by atoms with Gasteiger partial charge in [0.2, 0.25) is 6.79 Å². The number of hydrogen-bond acceptors (Lipinski definition) is 7. The number of aromatic nitrogens is 1. The average Bonchev–Trinajstić information content (AvgIpc) is 3.62. The molecule has 1 fully saturated rings. The van der Waals surface area contributed by atoms with E-state index in [0.29, 0.717) is 28.1 Å². The molecule has 0 aliphatic carbocycles. The van der Waals surface area contributed by atoms with Crippen molar-refractivity contribution in [2.45, 2.75) is 12.1 Å². The summed E-state index contributed by atoms with van der Waals surface area (Å²) in [5.74, 6) is 2.59. The highest BCUT2D eigenvalue weighted by Gasteiger charge is 2.43. The van der Waals surface area contributed by atoms with E-state index in [1.165, 1.54) is 12.1 Å². The van der Waals surface area contributed by atoms with Gasteiger partial charge in [-0.3, -0.25) is 15.1 Å². The molecule has 174 valence electrons. The third-order valence-electron chi connectivity index (χ3n) is 6.01. The molecule has 0 amide bonds. The maximum atomic E-state index is 11.0. The van der Waals surface area contributed by atoms with Gasteiger partial charge in [-0.1, -0.05) is 6.07 Å². The van der Waals surface area contributed by atoms with Crippen molar-refractivity contribution in [2.75, 3.05) is 11.7 Å². The number of benzene rings is 2. The molecule has 1 saturated heterocycles. The number of ether oxygens (including phenoxy) is 2. The summed E-state index contributed by atoms with van der Waals surface area (Å²) in [6.45, 7) is 0.179. The molecule has 4 aromatic rings. The van der Waals surface area contributed by atoms with Crippen LogP contribution in [0.25, 0.3) is 11.3 Å². The summed E-state index contributed by atoms with van der Waals surface area (Å²) in [6.07, 6.45) is 1.74. The van der Waals surface area contributed by atoms with Crippen molar-refractivity contribution in [3.05, 3.63) is 101 Å². The fourth-order valence-electron chi connectivity index (χ4n) is 4.37. The Balaban J connectivity index is 1.41. The first-order chi connectivity index (χ1) is 17.1. The summed E-state index contributed by atoms with van der Waals surface area (Å²) in [6, 6.07) is 20.8. The largest absolute Gasteiger partial charge is 0.459 e. The molecule has 9 nitrogen and oxygen atoms in total. The number of thiocarbonyl (C=S) groups is 1. The van der Waals surface area contributed by atoms with Crippen LogP contribution in [0.2, 0.25) is 0 Å². The highest BCUT2D eigenvalue weighted by atomic mass is 32.1. The van der Waals surface area contributed by atoms with E-state index in [4.69, 9.17) is 26.1 Å². The topological polar surface area (TPSA) is 103 Å². The fourth-order valence-corrected chi connectivity index (χ4v) is 4.72. The Morgan fingerprint density at radius 1 is 1.03 bits per heavy atom. The quantitative estimate of drug-likeness (QED) is 0.233. The number of non-ortho nitro benzene ring substituents is 1. The molecule has 0 radical (unpaired) electrons. The summed E-state index contributed by atoms with van der Waals surface area (Å²) in [7, 11) is 0. The predicted octanol–water partition coefficient (Wildman–Crippen LogP) is 5.16. The normalized spacial score (nSPS) is 18.5. The van der Waals surface area contributed by atoms with Gasteiger partial charge in [-0.15, -0.1) is 0 Å². The van der Waals surface area contributed by atoms with Crippen LogP contribution in [0.3, 0.4) is 0 Å². The molecule has 10 heteroatoms. The van der Waals surface area contributed by atoms with E-state index in [-0.39, 0.29) is 24.6 Å². The van der Waals surface area contributed by atoms with E-state index in [1.54, 1.807) is 18.3 Å². The molecule has 1 N–H and O–H groups in total. The van der Waals surface area contributed by atoms with Crippen molar-refractivity contribution in [2.24, 2.45) is 0 Å². The third-order valence-corrected chi connectivity index (χ3v) is 6.33. The average molecular weight is 487 g/mol. The summed E-state index contributed by atoms with van der Waals surface area (Å²) in [5.41, 5.74) is 2.40. The monoisotopic (exact) mass is 486 g/mol. The molecule has 2 aromatic carbocycles. The smallest absolute Gasteiger partial charge is 0.269 e. The first-order valence-electron chi connectivity index (χ1n) is 10.8. The Hall–Kier alpha value is -4.44. The van der Waals surface area contributed by atoms with E-state index in [9.17, 15) is 10.1 Å². The van der Waals surface area contributed by atoms with Gasteiger partial charge in [0.15, 0.2) is 16.6 Å². The van der Waals surface area contributed by atoms with Gasteiger partial charge in [-0.25, -0.2) is 0 Å². The van der Waals surface area contributed by atoms with Gasteiger partial charge in [-0.2, -0.15) is 0 Å². The van der Waals surface area contributed by atoms with Crippen LogP contribution < -0.4 is 19.7 Å². The maximum Gasteiger partial charge on any atom is 0.269 e. The number of furan rings is 1. The number of nitrogens with one attached hydrogen (secondary N) is 1. The van der Waals surface area contributed by atoms with Gasteiger partial charge < -0.3 is 24.1 Å². The van der Waals surface area contributed by atoms with E-state index in [1.807, 2.05) is 53.4 Å². The van der Waals surface area contributed by atoms with Crippen LogP contribution in [0.5, 0.6) is 11.5 Å². The molecule has 35 heavy (non-hydrogen) atoms. The first-order valence-corrected chi connectivity index (χ1v) is 11.2. The highest BCUT2D eigenvalue weighted by molar-refractivity contribution is 7.80. The molecule has 2 atom stereocenters. The van der Waals surface area contributed by atoms with Gasteiger partial charge in [-0.05, 0) is 60.7 Å². The second-order valence-electron chi connectivity index (χ2n) is 8.04. The lowest BCUT2D eigenvalue weighted by Crippen LogP contribution is -2.29. The number of nitro benzene ring substituents is 1. The molecule has 0 bridgehead atoms. The molecule has 0 spiro atoms. The van der Waals surface area contributed by atoms with Gasteiger partial charge in [0.25, 0.3) is 5.69 Å². The van der Waals surface area contributed by atoms with Gasteiger partial charge in [0.1, 0.15) is 17.6 Å². The second kappa shape index (κ2) is 8.41. The van der Waals surface area contributed by atoms with Gasteiger partial charge in [0.05, 0.1) is 16.7 Å². The molecule has 6 rings (SSSR count). The number of anilines is 1. The van der Waals surface area contributed by atoms with E-state index in [0.717, 1.165) is 16.9 Å². The number of nitrogens with zero attached hydrogens (tertiary/aromatic N) is 3. The van der Waals surface area contributed by atoms with Crippen molar-refractivity contribution >= 4 is 28.7 Å². The SMILES string of the molecule is O=[N+]([O-])c1ccc(-c2ccc([C@@H]3[C@@H](c4ccccn4)NC(=S)N3c3ccc4c(c3)OCO4)o2)cc1. The van der Waals surface area contributed by atoms with Crippen molar-refractivity contribution in [1.82, 2.24) is 10.3 Å². The lowest BCUT2D eigenvalue weighted by molar-refractivity contribution is -0.384. The summed E-state index contributed by atoms with van der Waals surface area (Å²) in [4.78, 5) is 17.1. The standard InChI is InChI=1S/C25H18N4O5S/c30-29(31)16-6-4-15(5-7-16)19-10-11-21(34-19)24-23(18-3-1-2-12-26-18)27-25(35)28(24)17-8-9-20-22(13-17)33-14-32-20/h1-13,23-24H,14H2,(H,27,35)/t23-,24-/m1/s1. The van der Waals surface area contributed by atoms with Crippen LogP contribution >= 0.6 is 12.2 Å². The van der Waals surface area contributed by atoms with Crippen molar-refractivity contribution in [1.29, 1.82) is 0 Å². The molecule has 2 aliphatic heterocycles. The van der Waals surface area contributed by atoms with Crippen LogP contribution in [-0.4, -0.2) is 21.8 Å². The summed E-state index contributed by atoms with van der Waals surface area (Å²) < 4.78 is 17.3. The minimum atomic E-state index is -0.427. The number of rotatable bonds is 5. The Morgan fingerprint density at radius 2 is 1.86 bits per heavy atom. The highest BCUT2D eigenvalue weighted by Crippen LogP contribution is 2.45. The second-order valence-corrected chi connectivity index (χ2v) is 8.43. The Bertz CT molecular complexity index is 1420. The van der Waals surface area contributed by atoms with Crippen LogP contribution in [0.4, 0.5) is 11.4 Å². The zero-order valence-corrected chi connectivity index (χ0v) is 19.0. The molecular weight excluding hydrogens is 468 g/mol. The number of hydrogen-bond donors (Lipinski definition) is 1. The maximum absolute atomic E-state index is 11.0. The first kappa shape index (κ1) is 21.1. The lowest BCUT2D eigenvalue weighted by atomic mass is 10.0. The minimum Gasteiger partial charge on any atom is -0.459 e. The fraction of sp³-hybridized carbons (Fsp3) is 0.120.